The summed E-state index contributed by atoms with van der Waals surface area (Å²) in [4.78, 5) is 41.1. The molecule has 0 aromatic carbocycles. The summed E-state index contributed by atoms with van der Waals surface area (Å²) >= 11 is 0. The van der Waals surface area contributed by atoms with Crippen molar-refractivity contribution in [1.29, 1.82) is 0 Å². The molecule has 0 unspecified atom stereocenters. The minimum atomic E-state index is -1.03. The molecular weight excluding hydrogens is 352 g/mol. The molecule has 2 aliphatic rings. The molecule has 1 saturated carbocycles. The molecule has 3 heterocycles. The average Bonchev–Trinajstić information content (AvgIpc) is 3.10. The van der Waals surface area contributed by atoms with Crippen LogP contribution in [0.4, 0.5) is 5.82 Å². The van der Waals surface area contributed by atoms with Crippen LogP contribution < -0.4 is 5.32 Å². The SMILES string of the molecule is Cc1cc(NC(=O)C2(C(=O)N3CCN(C(=O)c4ccco4)CC3)CC2)no1. The number of hydrogen-bond acceptors (Lipinski definition) is 6. The maximum Gasteiger partial charge on any atom is 0.289 e. The molecule has 1 aliphatic heterocycles. The number of nitrogens with zero attached hydrogens (tertiary/aromatic N) is 3. The molecule has 0 atom stereocenters. The highest BCUT2D eigenvalue weighted by atomic mass is 16.5. The number of furan rings is 1. The van der Waals surface area contributed by atoms with Crippen LogP contribution >= 0.6 is 0 Å². The lowest BCUT2D eigenvalue weighted by atomic mass is 10.0. The lowest BCUT2D eigenvalue weighted by molar-refractivity contribution is -0.143. The van der Waals surface area contributed by atoms with E-state index in [9.17, 15) is 14.4 Å². The van der Waals surface area contributed by atoms with Gasteiger partial charge in [0.05, 0.1) is 6.26 Å². The topological polar surface area (TPSA) is 109 Å². The lowest BCUT2D eigenvalue weighted by Crippen LogP contribution is -2.53. The Morgan fingerprint density at radius 1 is 1.15 bits per heavy atom. The van der Waals surface area contributed by atoms with Crippen LogP contribution in [0.2, 0.25) is 0 Å². The monoisotopic (exact) mass is 372 g/mol. The average molecular weight is 372 g/mol. The molecule has 1 N–H and O–H groups in total. The van der Waals surface area contributed by atoms with Crippen molar-refractivity contribution in [2.24, 2.45) is 5.41 Å². The third-order valence-electron chi connectivity index (χ3n) is 5.05. The lowest BCUT2D eigenvalue weighted by Gasteiger charge is -2.36. The summed E-state index contributed by atoms with van der Waals surface area (Å²) in [6, 6.07) is 4.89. The van der Waals surface area contributed by atoms with Gasteiger partial charge in [-0.05, 0) is 31.9 Å². The van der Waals surface area contributed by atoms with Crippen molar-refractivity contribution in [1.82, 2.24) is 15.0 Å². The standard InChI is InChI=1S/C18H20N4O5/c1-12-11-14(20-27-12)19-16(24)18(4-5-18)17(25)22-8-6-21(7-9-22)15(23)13-3-2-10-26-13/h2-3,10-11H,4-9H2,1H3,(H,19,20,24). The molecule has 1 aliphatic carbocycles. The van der Waals surface area contributed by atoms with Crippen LogP contribution in [-0.2, 0) is 9.59 Å². The third-order valence-corrected chi connectivity index (χ3v) is 5.05. The number of amides is 3. The van der Waals surface area contributed by atoms with E-state index in [1.165, 1.54) is 6.26 Å². The van der Waals surface area contributed by atoms with Gasteiger partial charge in [0.1, 0.15) is 11.2 Å². The molecule has 1 saturated heterocycles. The smallest absolute Gasteiger partial charge is 0.289 e. The number of carbonyl (C=O) groups is 3. The zero-order valence-corrected chi connectivity index (χ0v) is 14.9. The van der Waals surface area contributed by atoms with Gasteiger partial charge in [0, 0.05) is 32.2 Å². The van der Waals surface area contributed by atoms with E-state index in [1.54, 1.807) is 34.9 Å². The van der Waals surface area contributed by atoms with Gasteiger partial charge in [0.25, 0.3) is 5.91 Å². The molecule has 4 rings (SSSR count). The van der Waals surface area contributed by atoms with Crippen LogP contribution in [0.15, 0.2) is 33.4 Å². The van der Waals surface area contributed by atoms with Crippen LogP contribution in [0.1, 0.15) is 29.2 Å². The second-order valence-electron chi connectivity index (χ2n) is 6.92. The van der Waals surface area contributed by atoms with Crippen molar-refractivity contribution in [2.45, 2.75) is 19.8 Å². The highest BCUT2D eigenvalue weighted by molar-refractivity contribution is 6.12. The summed E-state index contributed by atoms with van der Waals surface area (Å²) in [5.41, 5.74) is -1.03. The van der Waals surface area contributed by atoms with Crippen molar-refractivity contribution < 1.29 is 23.3 Å². The van der Waals surface area contributed by atoms with Crippen LogP contribution in [0.5, 0.6) is 0 Å². The van der Waals surface area contributed by atoms with Gasteiger partial charge >= 0.3 is 0 Å². The van der Waals surface area contributed by atoms with E-state index in [1.807, 2.05) is 0 Å². The second kappa shape index (κ2) is 6.57. The number of piperazine rings is 1. The molecular formula is C18H20N4O5. The van der Waals surface area contributed by atoms with E-state index >= 15 is 0 Å². The van der Waals surface area contributed by atoms with E-state index in [0.717, 1.165) is 0 Å². The van der Waals surface area contributed by atoms with Crippen LogP contribution in [0, 0.1) is 12.3 Å². The molecule has 0 radical (unpaired) electrons. The molecule has 2 aromatic heterocycles. The normalized spacial score (nSPS) is 18.3. The van der Waals surface area contributed by atoms with Crippen molar-refractivity contribution >= 4 is 23.5 Å². The Bertz CT molecular complexity index is 860. The van der Waals surface area contributed by atoms with Gasteiger partial charge in [-0.15, -0.1) is 0 Å². The van der Waals surface area contributed by atoms with Gasteiger partial charge < -0.3 is 24.1 Å². The van der Waals surface area contributed by atoms with Gasteiger partial charge in [-0.25, -0.2) is 0 Å². The zero-order valence-electron chi connectivity index (χ0n) is 14.9. The molecule has 9 nitrogen and oxygen atoms in total. The fraction of sp³-hybridized carbons (Fsp3) is 0.444. The molecule has 3 amide bonds. The minimum Gasteiger partial charge on any atom is -0.459 e. The van der Waals surface area contributed by atoms with Crippen molar-refractivity contribution in [3.63, 3.8) is 0 Å². The zero-order chi connectivity index (χ0) is 19.0. The first-order valence-electron chi connectivity index (χ1n) is 8.86. The van der Waals surface area contributed by atoms with Gasteiger partial charge in [-0.2, -0.15) is 0 Å². The van der Waals surface area contributed by atoms with Crippen LogP contribution in [-0.4, -0.2) is 58.9 Å². The fourth-order valence-electron chi connectivity index (χ4n) is 3.30. The van der Waals surface area contributed by atoms with Crippen LogP contribution in [0.3, 0.4) is 0 Å². The first-order chi connectivity index (χ1) is 13.0. The molecule has 2 fully saturated rings. The maximum atomic E-state index is 12.9. The summed E-state index contributed by atoms with van der Waals surface area (Å²) in [7, 11) is 0. The maximum absolute atomic E-state index is 12.9. The highest BCUT2D eigenvalue weighted by Gasteiger charge is 2.58. The molecule has 0 spiro atoms. The Balaban J connectivity index is 1.36. The summed E-state index contributed by atoms with van der Waals surface area (Å²) in [5.74, 6) is 0.451. The first kappa shape index (κ1) is 17.3. The number of anilines is 1. The quantitative estimate of drug-likeness (QED) is 0.810. The fourth-order valence-corrected chi connectivity index (χ4v) is 3.30. The van der Waals surface area contributed by atoms with E-state index in [4.69, 9.17) is 8.94 Å². The number of aryl methyl sites for hydroxylation is 1. The number of rotatable bonds is 4. The summed E-state index contributed by atoms with van der Waals surface area (Å²) in [6.45, 7) is 3.33. The van der Waals surface area contributed by atoms with E-state index in [-0.39, 0.29) is 23.5 Å². The number of nitrogens with one attached hydrogen (secondary N) is 1. The Morgan fingerprint density at radius 3 is 2.41 bits per heavy atom. The van der Waals surface area contributed by atoms with E-state index in [2.05, 4.69) is 10.5 Å². The first-order valence-corrected chi connectivity index (χ1v) is 8.86. The predicted octanol–water partition coefficient (Wildman–Crippen LogP) is 1.28. The Hall–Kier alpha value is -3.10. The van der Waals surface area contributed by atoms with Crippen molar-refractivity contribution in [2.75, 3.05) is 31.5 Å². The van der Waals surface area contributed by atoms with Gasteiger partial charge in [-0.3, -0.25) is 14.4 Å². The molecule has 0 bridgehead atoms. The number of carbonyl (C=O) groups excluding carboxylic acids is 3. The molecule has 9 heteroatoms. The third kappa shape index (κ3) is 3.20. The summed E-state index contributed by atoms with van der Waals surface area (Å²) in [6.07, 6.45) is 2.49. The largest absolute Gasteiger partial charge is 0.459 e. The Labute approximate surface area is 155 Å². The molecule has 142 valence electrons. The molecule has 27 heavy (non-hydrogen) atoms. The van der Waals surface area contributed by atoms with Gasteiger partial charge in [-0.1, -0.05) is 5.16 Å². The van der Waals surface area contributed by atoms with Gasteiger partial charge in [0.15, 0.2) is 11.6 Å². The van der Waals surface area contributed by atoms with Crippen molar-refractivity contribution in [3.05, 3.63) is 36.0 Å². The van der Waals surface area contributed by atoms with Gasteiger partial charge in [0.2, 0.25) is 11.8 Å². The van der Waals surface area contributed by atoms with Crippen LogP contribution in [0.25, 0.3) is 0 Å². The Kier molecular flexibility index (Phi) is 4.21. The number of aromatic nitrogens is 1. The minimum absolute atomic E-state index is 0.188. The van der Waals surface area contributed by atoms with E-state index in [0.29, 0.717) is 50.6 Å². The summed E-state index contributed by atoms with van der Waals surface area (Å²) in [5, 5.41) is 6.40. The van der Waals surface area contributed by atoms with Crippen molar-refractivity contribution in [3.8, 4) is 0 Å². The highest BCUT2D eigenvalue weighted by Crippen LogP contribution is 2.48. The second-order valence-corrected chi connectivity index (χ2v) is 6.92. The molecule has 2 aromatic rings. The predicted molar refractivity (Wildman–Crippen MR) is 92.7 cm³/mol. The van der Waals surface area contributed by atoms with E-state index < -0.39 is 5.41 Å². The summed E-state index contributed by atoms with van der Waals surface area (Å²) < 4.78 is 10.1. The Morgan fingerprint density at radius 2 is 1.85 bits per heavy atom. The number of hydrogen-bond donors (Lipinski definition) is 1.